The molecule has 1 aliphatic rings. The summed E-state index contributed by atoms with van der Waals surface area (Å²) in [6.45, 7) is 3.65. The molecule has 1 aliphatic heterocycles. The van der Waals surface area contributed by atoms with Crippen LogP contribution in [0.1, 0.15) is 30.4 Å². The molecule has 0 atom stereocenters. The lowest BCUT2D eigenvalue weighted by Gasteiger charge is -2.36. The van der Waals surface area contributed by atoms with Crippen LogP contribution in [0.25, 0.3) is 0 Å². The highest BCUT2D eigenvalue weighted by Crippen LogP contribution is 2.36. The second-order valence-corrected chi connectivity index (χ2v) is 6.77. The largest absolute Gasteiger partial charge is 0.465 e. The Labute approximate surface area is 149 Å². The van der Waals surface area contributed by atoms with Crippen LogP contribution in [0, 0.1) is 0 Å². The molecular weight excluding hydrogens is 312 g/mol. The van der Waals surface area contributed by atoms with Gasteiger partial charge in [0.1, 0.15) is 0 Å². The van der Waals surface area contributed by atoms with Gasteiger partial charge in [0.25, 0.3) is 0 Å². The highest BCUT2D eigenvalue weighted by molar-refractivity contribution is 5.65. The van der Waals surface area contributed by atoms with Gasteiger partial charge in [-0.2, -0.15) is 0 Å². The molecule has 4 nitrogen and oxygen atoms in total. The predicted octanol–water partition coefficient (Wildman–Crippen LogP) is 3.73. The molecule has 0 saturated carbocycles. The zero-order valence-corrected chi connectivity index (χ0v) is 14.5. The Morgan fingerprint density at radius 2 is 1.48 bits per heavy atom. The van der Waals surface area contributed by atoms with Crippen molar-refractivity contribution < 1.29 is 9.90 Å². The Kier molecular flexibility index (Phi) is 5.71. The van der Waals surface area contributed by atoms with E-state index in [2.05, 4.69) is 34.5 Å². The fourth-order valence-electron chi connectivity index (χ4n) is 3.84. The number of amides is 1. The van der Waals surface area contributed by atoms with E-state index in [0.29, 0.717) is 6.54 Å². The molecule has 0 radical (unpaired) electrons. The summed E-state index contributed by atoms with van der Waals surface area (Å²) in [5, 5.41) is 11.9. The van der Waals surface area contributed by atoms with E-state index in [1.165, 1.54) is 12.8 Å². The van der Waals surface area contributed by atoms with Crippen LogP contribution in [0.4, 0.5) is 4.79 Å². The van der Waals surface area contributed by atoms with Gasteiger partial charge in [-0.15, -0.1) is 0 Å². The molecular formula is C21H26N2O2. The first-order chi connectivity index (χ1) is 12.2. The fraction of sp³-hybridized carbons (Fsp3) is 0.381. The van der Waals surface area contributed by atoms with E-state index in [9.17, 15) is 9.90 Å². The molecule has 4 heteroatoms. The summed E-state index contributed by atoms with van der Waals surface area (Å²) in [5.74, 6) is 0. The van der Waals surface area contributed by atoms with Crippen molar-refractivity contribution in [3.8, 4) is 0 Å². The summed E-state index contributed by atoms with van der Waals surface area (Å²) >= 11 is 0. The normalized spacial score (nSPS) is 15.2. The lowest BCUT2D eigenvalue weighted by Crippen LogP contribution is -2.43. The van der Waals surface area contributed by atoms with Crippen molar-refractivity contribution in [3.05, 3.63) is 71.8 Å². The Hall–Kier alpha value is -2.33. The van der Waals surface area contributed by atoms with E-state index in [0.717, 1.165) is 37.2 Å². The third-order valence-electron chi connectivity index (χ3n) is 5.25. The second kappa shape index (κ2) is 8.17. The van der Waals surface area contributed by atoms with Crippen LogP contribution in [-0.4, -0.2) is 42.3 Å². The first-order valence-electron chi connectivity index (χ1n) is 9.01. The number of rotatable bonds is 7. The average molecular weight is 338 g/mol. The summed E-state index contributed by atoms with van der Waals surface area (Å²) in [7, 11) is 0. The molecule has 1 heterocycles. The van der Waals surface area contributed by atoms with E-state index in [1.54, 1.807) is 0 Å². The minimum absolute atomic E-state index is 0.358. The molecule has 1 amide bonds. The van der Waals surface area contributed by atoms with E-state index in [1.807, 2.05) is 36.4 Å². The van der Waals surface area contributed by atoms with E-state index < -0.39 is 6.09 Å². The minimum atomic E-state index is -0.975. The van der Waals surface area contributed by atoms with Crippen LogP contribution < -0.4 is 5.32 Å². The zero-order chi connectivity index (χ0) is 17.5. The molecule has 2 aromatic carbocycles. The minimum Gasteiger partial charge on any atom is -0.465 e. The highest BCUT2D eigenvalue weighted by Gasteiger charge is 2.35. The van der Waals surface area contributed by atoms with Gasteiger partial charge in [0, 0.05) is 12.0 Å². The first-order valence-corrected chi connectivity index (χ1v) is 9.01. The van der Waals surface area contributed by atoms with Gasteiger partial charge in [-0.25, -0.2) is 4.79 Å². The molecule has 0 unspecified atom stereocenters. The standard InChI is InChI=1S/C21H26N2O2/c24-20(25)22-17-21(18-9-3-1-4-10-18,19-11-5-2-6-12-19)13-16-23-14-7-8-15-23/h1-6,9-12,22H,7-8,13-17H2,(H,24,25). The molecule has 132 valence electrons. The molecule has 0 aromatic heterocycles. The molecule has 2 N–H and O–H groups in total. The van der Waals surface area contributed by atoms with Crippen molar-refractivity contribution >= 4 is 6.09 Å². The summed E-state index contributed by atoms with van der Waals surface area (Å²) < 4.78 is 0. The van der Waals surface area contributed by atoms with Crippen molar-refractivity contribution in [1.82, 2.24) is 10.2 Å². The van der Waals surface area contributed by atoms with Crippen LogP contribution >= 0.6 is 0 Å². The molecule has 1 fully saturated rings. The number of benzene rings is 2. The number of carbonyl (C=O) groups is 1. The van der Waals surface area contributed by atoms with Gasteiger partial charge in [-0.3, -0.25) is 0 Å². The van der Waals surface area contributed by atoms with Gasteiger partial charge >= 0.3 is 6.09 Å². The zero-order valence-electron chi connectivity index (χ0n) is 14.5. The number of nitrogens with one attached hydrogen (secondary N) is 1. The second-order valence-electron chi connectivity index (χ2n) is 6.77. The first kappa shape index (κ1) is 17.5. The van der Waals surface area contributed by atoms with Gasteiger partial charge in [-0.1, -0.05) is 60.7 Å². The summed E-state index contributed by atoms with van der Waals surface area (Å²) in [4.78, 5) is 13.7. The maximum Gasteiger partial charge on any atom is 0.404 e. The van der Waals surface area contributed by atoms with Gasteiger partial charge < -0.3 is 15.3 Å². The predicted molar refractivity (Wildman–Crippen MR) is 100.0 cm³/mol. The lowest BCUT2D eigenvalue weighted by molar-refractivity contribution is 0.190. The molecule has 25 heavy (non-hydrogen) atoms. The molecule has 0 aliphatic carbocycles. The van der Waals surface area contributed by atoms with E-state index in [4.69, 9.17) is 0 Å². The Morgan fingerprint density at radius 3 is 1.96 bits per heavy atom. The number of hydrogen-bond donors (Lipinski definition) is 2. The summed E-state index contributed by atoms with van der Waals surface area (Å²) in [6, 6.07) is 20.6. The molecule has 0 bridgehead atoms. The SMILES string of the molecule is O=C(O)NCC(CCN1CCCC1)(c1ccccc1)c1ccccc1. The Bertz CT molecular complexity index is 627. The Morgan fingerprint density at radius 1 is 0.960 bits per heavy atom. The number of likely N-dealkylation sites (tertiary alicyclic amines) is 1. The number of carboxylic acid groups (broad SMARTS) is 1. The van der Waals surface area contributed by atoms with Gasteiger partial charge in [0.2, 0.25) is 0 Å². The van der Waals surface area contributed by atoms with Gasteiger partial charge in [0.05, 0.1) is 0 Å². The highest BCUT2D eigenvalue weighted by atomic mass is 16.4. The van der Waals surface area contributed by atoms with Crippen LogP contribution in [0.5, 0.6) is 0 Å². The molecule has 3 rings (SSSR count). The summed E-state index contributed by atoms with van der Waals surface area (Å²) in [5.41, 5.74) is 1.96. The number of hydrogen-bond acceptors (Lipinski definition) is 2. The lowest BCUT2D eigenvalue weighted by atomic mass is 9.71. The van der Waals surface area contributed by atoms with Crippen molar-refractivity contribution in [2.75, 3.05) is 26.2 Å². The molecule has 2 aromatic rings. The average Bonchev–Trinajstić information content (AvgIpc) is 3.17. The topological polar surface area (TPSA) is 52.6 Å². The quantitative estimate of drug-likeness (QED) is 0.809. The summed E-state index contributed by atoms with van der Waals surface area (Å²) in [6.07, 6.45) is 2.44. The van der Waals surface area contributed by atoms with Crippen molar-refractivity contribution in [2.24, 2.45) is 0 Å². The smallest absolute Gasteiger partial charge is 0.404 e. The van der Waals surface area contributed by atoms with E-state index >= 15 is 0 Å². The van der Waals surface area contributed by atoms with E-state index in [-0.39, 0.29) is 5.41 Å². The maximum absolute atomic E-state index is 11.2. The van der Waals surface area contributed by atoms with Crippen molar-refractivity contribution in [3.63, 3.8) is 0 Å². The third kappa shape index (κ3) is 4.20. The third-order valence-corrected chi connectivity index (χ3v) is 5.25. The van der Waals surface area contributed by atoms with Gasteiger partial charge in [0.15, 0.2) is 0 Å². The molecule has 0 spiro atoms. The molecule has 1 saturated heterocycles. The fourth-order valence-corrected chi connectivity index (χ4v) is 3.84. The maximum atomic E-state index is 11.2. The van der Waals surface area contributed by atoms with Crippen LogP contribution in [-0.2, 0) is 5.41 Å². The van der Waals surface area contributed by atoms with Crippen molar-refractivity contribution in [2.45, 2.75) is 24.7 Å². The monoisotopic (exact) mass is 338 g/mol. The van der Waals surface area contributed by atoms with Gasteiger partial charge in [-0.05, 0) is 50.0 Å². The van der Waals surface area contributed by atoms with Crippen LogP contribution in [0.15, 0.2) is 60.7 Å². The Balaban J connectivity index is 1.97. The van der Waals surface area contributed by atoms with Crippen LogP contribution in [0.3, 0.4) is 0 Å². The van der Waals surface area contributed by atoms with Crippen molar-refractivity contribution in [1.29, 1.82) is 0 Å². The number of nitrogens with zero attached hydrogens (tertiary/aromatic N) is 1. The van der Waals surface area contributed by atoms with Crippen LogP contribution in [0.2, 0.25) is 0 Å².